The van der Waals surface area contributed by atoms with Gasteiger partial charge in [-0.2, -0.15) is 0 Å². The number of anilines is 2. The Morgan fingerprint density at radius 3 is 2.40 bits per heavy atom. The van der Waals surface area contributed by atoms with Crippen molar-refractivity contribution in [3.63, 3.8) is 0 Å². The number of hydrogen-bond donors (Lipinski definition) is 3. The Hall–Kier alpha value is -3.41. The number of aromatic hydroxyl groups is 1. The van der Waals surface area contributed by atoms with Gasteiger partial charge in [-0.25, -0.2) is 9.37 Å². The predicted molar refractivity (Wildman–Crippen MR) is 95.4 cm³/mol. The minimum Gasteiger partial charge on any atom is -0.507 e. The van der Waals surface area contributed by atoms with E-state index >= 15 is 0 Å². The van der Waals surface area contributed by atoms with Gasteiger partial charge in [0.2, 0.25) is 5.91 Å². The molecule has 0 spiro atoms. The molecule has 0 saturated heterocycles. The number of amides is 1. The maximum atomic E-state index is 14.2. The van der Waals surface area contributed by atoms with Gasteiger partial charge in [0, 0.05) is 29.8 Å². The van der Waals surface area contributed by atoms with Crippen LogP contribution in [0.25, 0.3) is 22.3 Å². The highest BCUT2D eigenvalue weighted by atomic mass is 19.1. The highest BCUT2D eigenvalue weighted by Gasteiger charge is 2.13. The molecule has 0 aliphatic carbocycles. The maximum Gasteiger partial charge on any atom is 0.221 e. The molecule has 1 heterocycles. The molecule has 0 bridgehead atoms. The Bertz CT molecular complexity index is 940. The summed E-state index contributed by atoms with van der Waals surface area (Å²) in [5.74, 6) is -0.533. The quantitative estimate of drug-likeness (QED) is 0.678. The predicted octanol–water partition coefficient (Wildman–Crippen LogP) is 3.80. The molecule has 3 aromatic rings. The lowest BCUT2D eigenvalue weighted by molar-refractivity contribution is -0.114. The topological polar surface area (TPSA) is 88.2 Å². The van der Waals surface area contributed by atoms with Crippen molar-refractivity contribution in [1.82, 2.24) is 4.98 Å². The summed E-state index contributed by atoms with van der Waals surface area (Å²) in [6, 6.07) is 13.0. The van der Waals surface area contributed by atoms with Gasteiger partial charge in [-0.05, 0) is 29.8 Å². The van der Waals surface area contributed by atoms with Gasteiger partial charge in [0.15, 0.2) is 0 Å². The number of phenolic OH excluding ortho intramolecular Hbond substituents is 1. The number of benzene rings is 2. The number of phenols is 1. The van der Waals surface area contributed by atoms with Gasteiger partial charge >= 0.3 is 0 Å². The molecule has 1 aromatic heterocycles. The summed E-state index contributed by atoms with van der Waals surface area (Å²) in [4.78, 5) is 15.1. The van der Waals surface area contributed by atoms with Gasteiger partial charge in [0.05, 0.1) is 5.69 Å². The standard InChI is InChI=1S/C19H16FN3O2/c1-11(24)23-17-7-5-12(9-16(17)20)14-3-2-4-15(19(14)25)13-6-8-18(21)22-10-13/h2-10,25H,1H3,(H2,21,22)(H,23,24). The normalized spacial score (nSPS) is 10.5. The van der Waals surface area contributed by atoms with Crippen molar-refractivity contribution in [2.24, 2.45) is 0 Å². The average molecular weight is 337 g/mol. The first-order valence-electron chi connectivity index (χ1n) is 7.57. The molecule has 5 nitrogen and oxygen atoms in total. The Kier molecular flexibility index (Phi) is 4.35. The molecule has 4 N–H and O–H groups in total. The van der Waals surface area contributed by atoms with E-state index in [0.717, 1.165) is 0 Å². The summed E-state index contributed by atoms with van der Waals surface area (Å²) < 4.78 is 14.2. The van der Waals surface area contributed by atoms with Crippen molar-refractivity contribution >= 4 is 17.4 Å². The molecule has 0 unspecified atom stereocenters. The number of pyridine rings is 1. The maximum absolute atomic E-state index is 14.2. The van der Waals surface area contributed by atoms with Crippen LogP contribution in [0.2, 0.25) is 0 Å². The Balaban J connectivity index is 2.04. The van der Waals surface area contributed by atoms with Crippen LogP contribution in [0.5, 0.6) is 5.75 Å². The lowest BCUT2D eigenvalue weighted by Crippen LogP contribution is -2.07. The molecule has 3 rings (SSSR count). The minimum atomic E-state index is -0.577. The van der Waals surface area contributed by atoms with E-state index in [4.69, 9.17) is 5.73 Å². The number of para-hydroxylation sites is 1. The zero-order valence-corrected chi connectivity index (χ0v) is 13.5. The van der Waals surface area contributed by atoms with Crippen molar-refractivity contribution in [2.45, 2.75) is 6.92 Å². The van der Waals surface area contributed by atoms with E-state index in [1.165, 1.54) is 19.1 Å². The molecule has 2 aromatic carbocycles. The molecule has 6 heteroatoms. The highest BCUT2D eigenvalue weighted by Crippen LogP contribution is 2.38. The Morgan fingerprint density at radius 1 is 1.12 bits per heavy atom. The van der Waals surface area contributed by atoms with E-state index < -0.39 is 5.82 Å². The van der Waals surface area contributed by atoms with E-state index in [-0.39, 0.29) is 17.3 Å². The van der Waals surface area contributed by atoms with Crippen LogP contribution < -0.4 is 11.1 Å². The van der Waals surface area contributed by atoms with Gasteiger partial charge in [0.1, 0.15) is 17.4 Å². The largest absolute Gasteiger partial charge is 0.507 e. The lowest BCUT2D eigenvalue weighted by Gasteiger charge is -2.12. The first-order chi connectivity index (χ1) is 12.0. The van der Waals surface area contributed by atoms with E-state index in [2.05, 4.69) is 10.3 Å². The second-order valence-electron chi connectivity index (χ2n) is 5.55. The molecule has 0 radical (unpaired) electrons. The first kappa shape index (κ1) is 16.4. The summed E-state index contributed by atoms with van der Waals surface area (Å²) in [5, 5.41) is 13.0. The number of aromatic nitrogens is 1. The number of nitrogens with one attached hydrogen (secondary N) is 1. The van der Waals surface area contributed by atoms with E-state index in [9.17, 15) is 14.3 Å². The van der Waals surface area contributed by atoms with Crippen LogP contribution in [0, 0.1) is 5.82 Å². The van der Waals surface area contributed by atoms with E-state index in [1.807, 2.05) is 0 Å². The van der Waals surface area contributed by atoms with Crippen molar-refractivity contribution in [1.29, 1.82) is 0 Å². The van der Waals surface area contributed by atoms with Crippen molar-refractivity contribution in [3.8, 4) is 28.0 Å². The third-order valence-corrected chi connectivity index (χ3v) is 3.72. The van der Waals surface area contributed by atoms with Crippen LogP contribution in [-0.4, -0.2) is 16.0 Å². The first-order valence-corrected chi connectivity index (χ1v) is 7.57. The molecule has 0 aliphatic heterocycles. The van der Waals surface area contributed by atoms with Gasteiger partial charge in [0.25, 0.3) is 0 Å². The third kappa shape index (κ3) is 3.42. The summed E-state index contributed by atoms with van der Waals surface area (Å²) in [5.41, 5.74) is 7.91. The zero-order chi connectivity index (χ0) is 18.0. The molecule has 0 atom stereocenters. The minimum absolute atomic E-state index is 0.0146. The van der Waals surface area contributed by atoms with Crippen molar-refractivity contribution in [3.05, 3.63) is 60.5 Å². The number of nitrogen functional groups attached to an aromatic ring is 1. The smallest absolute Gasteiger partial charge is 0.221 e. The van der Waals surface area contributed by atoms with Crippen LogP contribution in [0.3, 0.4) is 0 Å². The number of rotatable bonds is 3. The van der Waals surface area contributed by atoms with Crippen LogP contribution in [-0.2, 0) is 4.79 Å². The molecule has 25 heavy (non-hydrogen) atoms. The Morgan fingerprint density at radius 2 is 1.80 bits per heavy atom. The number of hydrogen-bond acceptors (Lipinski definition) is 4. The fourth-order valence-electron chi connectivity index (χ4n) is 2.55. The molecule has 126 valence electrons. The SMILES string of the molecule is CC(=O)Nc1ccc(-c2cccc(-c3ccc(N)nc3)c2O)cc1F. The van der Waals surface area contributed by atoms with Crippen molar-refractivity contribution < 1.29 is 14.3 Å². The summed E-state index contributed by atoms with van der Waals surface area (Å²) in [7, 11) is 0. The fraction of sp³-hybridized carbons (Fsp3) is 0.0526. The van der Waals surface area contributed by atoms with E-state index in [0.29, 0.717) is 28.1 Å². The highest BCUT2D eigenvalue weighted by molar-refractivity contribution is 5.89. The van der Waals surface area contributed by atoms with Gasteiger partial charge in [-0.1, -0.05) is 24.3 Å². The van der Waals surface area contributed by atoms with Gasteiger partial charge in [-0.15, -0.1) is 0 Å². The Labute approximate surface area is 144 Å². The number of nitrogens with zero attached hydrogens (tertiary/aromatic N) is 1. The number of nitrogens with two attached hydrogens (primary N) is 1. The summed E-state index contributed by atoms with van der Waals surface area (Å²) >= 11 is 0. The van der Waals surface area contributed by atoms with Crippen LogP contribution in [0.1, 0.15) is 6.92 Å². The average Bonchev–Trinajstić information content (AvgIpc) is 2.58. The fourth-order valence-corrected chi connectivity index (χ4v) is 2.55. The lowest BCUT2D eigenvalue weighted by atomic mass is 9.98. The van der Waals surface area contributed by atoms with Gasteiger partial charge in [-0.3, -0.25) is 4.79 Å². The monoisotopic (exact) mass is 337 g/mol. The second-order valence-corrected chi connectivity index (χ2v) is 5.55. The van der Waals surface area contributed by atoms with Crippen LogP contribution in [0.4, 0.5) is 15.9 Å². The van der Waals surface area contributed by atoms with Crippen LogP contribution in [0.15, 0.2) is 54.7 Å². The number of halogens is 1. The molecule has 0 saturated carbocycles. The van der Waals surface area contributed by atoms with Gasteiger partial charge < -0.3 is 16.2 Å². The zero-order valence-electron chi connectivity index (χ0n) is 13.5. The number of carbonyl (C=O) groups is 1. The molecular weight excluding hydrogens is 321 g/mol. The molecule has 0 aliphatic rings. The van der Waals surface area contributed by atoms with Crippen LogP contribution >= 0.6 is 0 Å². The van der Waals surface area contributed by atoms with Crippen molar-refractivity contribution in [2.75, 3.05) is 11.1 Å². The molecular formula is C19H16FN3O2. The van der Waals surface area contributed by atoms with E-state index in [1.54, 1.807) is 42.6 Å². The number of carbonyl (C=O) groups excluding carboxylic acids is 1. The summed E-state index contributed by atoms with van der Waals surface area (Å²) in [6.45, 7) is 1.31. The summed E-state index contributed by atoms with van der Waals surface area (Å²) in [6.07, 6.45) is 1.56. The molecule has 0 fully saturated rings. The second kappa shape index (κ2) is 6.60. The third-order valence-electron chi connectivity index (χ3n) is 3.72. The molecule has 1 amide bonds.